The average Bonchev–Trinajstić information content (AvgIpc) is 2.34. The zero-order valence-corrected chi connectivity index (χ0v) is 12.6. The number of aliphatic hydroxyl groups is 1. The van der Waals surface area contributed by atoms with E-state index in [1.165, 1.54) is 17.0 Å². The van der Waals surface area contributed by atoms with Gasteiger partial charge in [0.25, 0.3) is 11.6 Å². The number of rotatable bonds is 4. The van der Waals surface area contributed by atoms with E-state index in [0.717, 1.165) is 6.42 Å². The molecule has 0 aromatic heterocycles. The second-order valence-electron chi connectivity index (χ2n) is 5.09. The monoisotopic (exact) mass is 342 g/mol. The van der Waals surface area contributed by atoms with E-state index in [4.69, 9.17) is 0 Å². The summed E-state index contributed by atoms with van der Waals surface area (Å²) in [6, 6.07) is 4.15. The van der Waals surface area contributed by atoms with Crippen molar-refractivity contribution in [3.05, 3.63) is 38.3 Å². The van der Waals surface area contributed by atoms with E-state index < -0.39 is 10.5 Å². The maximum atomic E-state index is 12.2. The van der Waals surface area contributed by atoms with Crippen molar-refractivity contribution >= 4 is 27.5 Å². The van der Waals surface area contributed by atoms with Crippen LogP contribution in [0.2, 0.25) is 0 Å². The molecule has 1 fully saturated rings. The molecule has 0 radical (unpaired) electrons. The number of carbonyl (C=O) groups excluding carboxylic acids is 1. The van der Waals surface area contributed by atoms with Crippen LogP contribution in [0.5, 0.6) is 0 Å². The molecular weight excluding hydrogens is 328 g/mol. The quantitative estimate of drug-likeness (QED) is 0.672. The SMILES string of the molecule is CCCC1(O)CN(C(=O)c2cc(Br)cc([N+](=O)[O-])c2)C1. The highest BCUT2D eigenvalue weighted by Gasteiger charge is 2.43. The second kappa shape index (κ2) is 5.49. The number of hydrogen-bond acceptors (Lipinski definition) is 4. The van der Waals surface area contributed by atoms with Crippen molar-refractivity contribution in [1.82, 2.24) is 4.90 Å². The van der Waals surface area contributed by atoms with E-state index in [1.54, 1.807) is 6.07 Å². The molecule has 108 valence electrons. The zero-order valence-electron chi connectivity index (χ0n) is 11.0. The fourth-order valence-corrected chi connectivity index (χ4v) is 2.90. The first kappa shape index (κ1) is 14.9. The minimum atomic E-state index is -0.803. The van der Waals surface area contributed by atoms with Crippen LogP contribution in [0, 0.1) is 10.1 Å². The predicted molar refractivity (Wildman–Crippen MR) is 76.6 cm³/mol. The number of amides is 1. The van der Waals surface area contributed by atoms with Crippen LogP contribution in [0.1, 0.15) is 30.1 Å². The van der Waals surface area contributed by atoms with Gasteiger partial charge >= 0.3 is 0 Å². The predicted octanol–water partition coefficient (Wildman–Crippen LogP) is 2.34. The Morgan fingerprint density at radius 3 is 2.70 bits per heavy atom. The van der Waals surface area contributed by atoms with Crippen LogP contribution in [0.3, 0.4) is 0 Å². The summed E-state index contributed by atoms with van der Waals surface area (Å²) in [5, 5.41) is 20.9. The fraction of sp³-hybridized carbons (Fsp3) is 0.462. The molecule has 6 nitrogen and oxygen atoms in total. The summed E-state index contributed by atoms with van der Waals surface area (Å²) in [4.78, 5) is 24.0. The van der Waals surface area contributed by atoms with Crippen molar-refractivity contribution in [3.63, 3.8) is 0 Å². The van der Waals surface area contributed by atoms with Crippen molar-refractivity contribution < 1.29 is 14.8 Å². The van der Waals surface area contributed by atoms with Crippen LogP contribution < -0.4 is 0 Å². The maximum absolute atomic E-state index is 12.2. The van der Waals surface area contributed by atoms with Gasteiger partial charge in [0, 0.05) is 22.2 Å². The van der Waals surface area contributed by atoms with Gasteiger partial charge in [0.15, 0.2) is 0 Å². The summed E-state index contributed by atoms with van der Waals surface area (Å²) in [5.41, 5.74) is -0.681. The normalized spacial score (nSPS) is 16.6. The molecular formula is C13H15BrN2O4. The van der Waals surface area contributed by atoms with E-state index >= 15 is 0 Å². The van der Waals surface area contributed by atoms with Gasteiger partial charge in [0.05, 0.1) is 23.6 Å². The lowest BCUT2D eigenvalue weighted by atomic mass is 9.89. The molecule has 20 heavy (non-hydrogen) atoms. The fourth-order valence-electron chi connectivity index (χ4n) is 2.42. The van der Waals surface area contributed by atoms with Crippen molar-refractivity contribution in [3.8, 4) is 0 Å². The first-order chi connectivity index (χ1) is 9.34. The summed E-state index contributed by atoms with van der Waals surface area (Å²) in [7, 11) is 0. The van der Waals surface area contributed by atoms with Gasteiger partial charge in [-0.2, -0.15) is 0 Å². The molecule has 0 saturated carbocycles. The van der Waals surface area contributed by atoms with E-state index in [-0.39, 0.29) is 30.2 Å². The third-order valence-corrected chi connectivity index (χ3v) is 3.77. The molecule has 0 spiro atoms. The van der Waals surface area contributed by atoms with Gasteiger partial charge in [-0.1, -0.05) is 29.3 Å². The summed E-state index contributed by atoms with van der Waals surface area (Å²) < 4.78 is 0.486. The standard InChI is InChI=1S/C13H15BrN2O4/c1-2-3-13(18)7-15(8-13)12(17)9-4-10(14)6-11(5-9)16(19)20/h4-6,18H,2-3,7-8H2,1H3. The number of likely N-dealkylation sites (tertiary alicyclic amines) is 1. The van der Waals surface area contributed by atoms with E-state index in [9.17, 15) is 20.0 Å². The molecule has 1 saturated heterocycles. The van der Waals surface area contributed by atoms with Crippen LogP contribution in [0.4, 0.5) is 5.69 Å². The molecule has 0 aliphatic carbocycles. The largest absolute Gasteiger partial charge is 0.386 e. The van der Waals surface area contributed by atoms with Crippen molar-refractivity contribution in [2.24, 2.45) is 0 Å². The molecule has 7 heteroatoms. The Balaban J connectivity index is 2.13. The summed E-state index contributed by atoms with van der Waals surface area (Å²) in [5.74, 6) is -0.296. The molecule has 0 atom stereocenters. The molecule has 0 bridgehead atoms. The van der Waals surface area contributed by atoms with Gasteiger partial charge in [-0.3, -0.25) is 14.9 Å². The Morgan fingerprint density at radius 2 is 2.15 bits per heavy atom. The molecule has 1 aromatic carbocycles. The van der Waals surface area contributed by atoms with Gasteiger partial charge in [0.1, 0.15) is 0 Å². The number of nitro groups is 1. The van der Waals surface area contributed by atoms with Gasteiger partial charge < -0.3 is 10.0 Å². The summed E-state index contributed by atoms with van der Waals surface area (Å²) in [6.45, 7) is 2.53. The summed E-state index contributed by atoms with van der Waals surface area (Å²) in [6.07, 6.45) is 1.50. The Kier molecular flexibility index (Phi) is 4.10. The minimum absolute atomic E-state index is 0.132. The number of hydrogen-bond donors (Lipinski definition) is 1. The molecule has 2 rings (SSSR count). The Morgan fingerprint density at radius 1 is 1.50 bits per heavy atom. The third-order valence-electron chi connectivity index (χ3n) is 3.31. The molecule has 1 heterocycles. The number of halogens is 1. The van der Waals surface area contributed by atoms with Crippen molar-refractivity contribution in [2.75, 3.05) is 13.1 Å². The number of non-ortho nitro benzene ring substituents is 1. The molecule has 1 amide bonds. The first-order valence-electron chi connectivity index (χ1n) is 6.31. The molecule has 0 unspecified atom stereocenters. The zero-order chi connectivity index (χ0) is 14.9. The highest BCUT2D eigenvalue weighted by molar-refractivity contribution is 9.10. The van der Waals surface area contributed by atoms with Gasteiger partial charge in [-0.05, 0) is 12.5 Å². The molecule has 1 N–H and O–H groups in total. The smallest absolute Gasteiger partial charge is 0.271 e. The number of nitro benzene ring substituents is 1. The van der Waals surface area contributed by atoms with Crippen LogP contribution in [-0.4, -0.2) is 39.5 Å². The summed E-state index contributed by atoms with van der Waals surface area (Å²) >= 11 is 3.16. The lowest BCUT2D eigenvalue weighted by molar-refractivity contribution is -0.385. The van der Waals surface area contributed by atoms with Crippen molar-refractivity contribution in [2.45, 2.75) is 25.4 Å². The van der Waals surface area contributed by atoms with E-state index in [2.05, 4.69) is 15.9 Å². The number of benzene rings is 1. The third kappa shape index (κ3) is 2.99. The van der Waals surface area contributed by atoms with Crippen LogP contribution in [0.25, 0.3) is 0 Å². The minimum Gasteiger partial charge on any atom is -0.386 e. The van der Waals surface area contributed by atoms with E-state index in [1.807, 2.05) is 6.92 Å². The maximum Gasteiger partial charge on any atom is 0.271 e. The number of carbonyl (C=O) groups is 1. The number of β-amino-alcohol motifs (C(OH)–C–C–N with tert-alkyl or cyclic N) is 1. The van der Waals surface area contributed by atoms with Gasteiger partial charge in [-0.25, -0.2) is 0 Å². The highest BCUT2D eigenvalue weighted by atomic mass is 79.9. The molecule has 1 aliphatic heterocycles. The van der Waals surface area contributed by atoms with E-state index in [0.29, 0.717) is 10.9 Å². The molecule has 1 aliphatic rings. The van der Waals surface area contributed by atoms with Gasteiger partial charge in [0.2, 0.25) is 0 Å². The lowest BCUT2D eigenvalue weighted by Gasteiger charge is -2.46. The van der Waals surface area contributed by atoms with Gasteiger partial charge in [-0.15, -0.1) is 0 Å². The molecule has 1 aromatic rings. The van der Waals surface area contributed by atoms with Crippen molar-refractivity contribution in [1.29, 1.82) is 0 Å². The second-order valence-corrected chi connectivity index (χ2v) is 6.01. The number of nitrogens with zero attached hydrogens (tertiary/aromatic N) is 2. The van der Waals surface area contributed by atoms with Crippen LogP contribution in [0.15, 0.2) is 22.7 Å². The Bertz CT molecular complexity index is 555. The average molecular weight is 343 g/mol. The Hall–Kier alpha value is -1.47. The van der Waals surface area contributed by atoms with Crippen LogP contribution in [-0.2, 0) is 0 Å². The van der Waals surface area contributed by atoms with Crippen LogP contribution >= 0.6 is 15.9 Å². The Labute approximate surface area is 124 Å². The topological polar surface area (TPSA) is 83.7 Å². The lowest BCUT2D eigenvalue weighted by Crippen LogP contribution is -2.63. The first-order valence-corrected chi connectivity index (χ1v) is 7.10. The highest BCUT2D eigenvalue weighted by Crippen LogP contribution is 2.29.